The standard InChI is InChI=1S/C46H71N13O6.5C2HF3O2/c1-32(42(62)55-45(65)38(14-9-20-47)53-33(2)60)52-44(64)37(15-10-21-51-46(48)49)50-22-26-57-29-27-56(28-30-57)23-8-7-11-34-18-24-58(25-19-34)31-41(61)59-39-16-5-3-12-35(39)43(63)54-36-13-4-6-17-40(36)59;5*3-2(4,5)1(6)7/h3-6,12-13,16-17,32,34,37-38,50H,7-11,14-15,18-31,47H2,1-2H3,(H,52,64)(H,53,60)(H,54,63)(H4,48,49,51)(H,55,62,65);5*(H,6,7)/t32-,37-,38+;;;;;/m0...../s1. The molecule has 29 nitrogen and oxygen atoms in total. The topological polar surface area (TPSA) is 452 Å². The van der Waals surface area contributed by atoms with Gasteiger partial charge in [-0.15, -0.1) is 0 Å². The first-order chi connectivity index (χ1) is 46.0. The molecule has 0 spiro atoms. The number of unbranched alkanes of at least 4 members (excludes halogenated alkanes) is 1. The van der Waals surface area contributed by atoms with Gasteiger partial charge in [-0.3, -0.25) is 53.8 Å². The number of piperidine rings is 1. The number of likely N-dealkylation sites (tertiary alicyclic amines) is 1. The summed E-state index contributed by atoms with van der Waals surface area (Å²) in [6.45, 7) is 11.7. The number of anilines is 3. The van der Waals surface area contributed by atoms with E-state index in [1.807, 2.05) is 42.5 Å². The van der Waals surface area contributed by atoms with Gasteiger partial charge in [0.05, 0.1) is 35.2 Å². The molecular weight excluding hydrogens is 1400 g/mol. The number of carbonyl (C=O) groups excluding carboxylic acids is 6. The van der Waals surface area contributed by atoms with Crippen molar-refractivity contribution in [3.8, 4) is 0 Å². The first-order valence-electron chi connectivity index (χ1n) is 29.5. The number of imide groups is 1. The number of hydrogen-bond donors (Lipinski definition) is 13. The quantitative estimate of drug-likeness (QED) is 0.0324. The Morgan fingerprint density at radius 2 is 1.01 bits per heavy atom. The molecule has 2 aromatic carbocycles. The number of guanidine groups is 1. The average Bonchev–Trinajstić information content (AvgIpc) is 1.58. The van der Waals surface area contributed by atoms with Crippen molar-refractivity contribution in [1.29, 1.82) is 0 Å². The average molecular weight is 1470 g/mol. The molecule has 0 radical (unpaired) electrons. The number of nitrogens with two attached hydrogens (primary N) is 3. The zero-order chi connectivity index (χ0) is 77.1. The number of carboxylic acid groups (broad SMARTS) is 5. The number of piperazine rings is 1. The van der Waals surface area contributed by atoms with Crippen LogP contribution in [-0.4, -0.2) is 239 Å². The van der Waals surface area contributed by atoms with Gasteiger partial charge in [-0.2, -0.15) is 65.9 Å². The SMILES string of the molecule is CC(=O)N[C@H](CCCN)C(=O)NC(=O)[C@H](C)NC(=O)[C@H](CCCN=C(N)N)NCCN1CCN(CCCCC2CCN(CC(=O)N3c4ccccc4NC(=O)c4ccccc43)CC2)CC1.O=C(O)C(F)(F)F.O=C(O)C(F)(F)F.O=C(O)C(F)(F)F.O=C(O)C(F)(F)F.O=C(O)C(F)(F)F. The van der Waals surface area contributed by atoms with E-state index in [-0.39, 0.29) is 30.1 Å². The van der Waals surface area contributed by atoms with E-state index in [1.165, 1.54) is 26.7 Å². The third-order valence-electron chi connectivity index (χ3n) is 13.6. The fourth-order valence-electron chi connectivity index (χ4n) is 8.68. The molecule has 0 bridgehead atoms. The van der Waals surface area contributed by atoms with Crippen molar-refractivity contribution in [2.45, 2.75) is 121 Å². The van der Waals surface area contributed by atoms with Crippen LogP contribution in [-0.2, 0) is 47.9 Å². The number of aliphatic imine (C=N–C) groups is 1. The van der Waals surface area contributed by atoms with Crippen LogP contribution in [0.5, 0.6) is 0 Å². The van der Waals surface area contributed by atoms with Crippen molar-refractivity contribution in [3.63, 3.8) is 0 Å². The molecule has 2 fully saturated rings. The molecule has 100 heavy (non-hydrogen) atoms. The van der Waals surface area contributed by atoms with Gasteiger partial charge in [0.1, 0.15) is 12.1 Å². The summed E-state index contributed by atoms with van der Waals surface area (Å²) in [5, 5.41) is 49.5. The van der Waals surface area contributed by atoms with Crippen LogP contribution in [0.2, 0.25) is 0 Å². The number of benzene rings is 2. The lowest BCUT2D eigenvalue weighted by Crippen LogP contribution is -2.55. The number of alkyl halides is 15. The molecule has 3 aliphatic rings. The Bertz CT molecular complexity index is 2890. The highest BCUT2D eigenvalue weighted by Gasteiger charge is 2.41. The van der Waals surface area contributed by atoms with Crippen LogP contribution in [0.25, 0.3) is 0 Å². The third kappa shape index (κ3) is 37.7. The van der Waals surface area contributed by atoms with E-state index in [2.05, 4.69) is 46.3 Å². The predicted octanol–water partition coefficient (Wildman–Crippen LogP) is 3.99. The van der Waals surface area contributed by atoms with E-state index in [1.54, 1.807) is 11.0 Å². The van der Waals surface area contributed by atoms with Gasteiger partial charge in [-0.1, -0.05) is 37.1 Å². The monoisotopic (exact) mass is 1470 g/mol. The molecule has 3 heterocycles. The lowest BCUT2D eigenvalue weighted by atomic mass is 9.91. The lowest BCUT2D eigenvalue weighted by molar-refractivity contribution is -0.193. The number of halogens is 15. The molecule has 6 amide bonds. The smallest absolute Gasteiger partial charge is 0.475 e. The predicted molar refractivity (Wildman–Crippen MR) is 321 cm³/mol. The Balaban J connectivity index is 0.00000227. The van der Waals surface area contributed by atoms with Gasteiger partial charge in [-0.05, 0) is 108 Å². The van der Waals surface area contributed by atoms with Gasteiger partial charge >= 0.3 is 60.7 Å². The van der Waals surface area contributed by atoms with Crippen molar-refractivity contribution in [2.75, 3.05) is 88.8 Å². The first-order valence-corrected chi connectivity index (χ1v) is 29.5. The summed E-state index contributed by atoms with van der Waals surface area (Å²) in [6, 6.07) is 12.2. The molecule has 2 aromatic rings. The van der Waals surface area contributed by atoms with Crippen LogP contribution >= 0.6 is 0 Å². The lowest BCUT2D eigenvalue weighted by Gasteiger charge is -2.35. The second kappa shape index (κ2) is 43.4. The zero-order valence-electron chi connectivity index (χ0n) is 53.1. The number of para-hydroxylation sites is 3. The van der Waals surface area contributed by atoms with E-state index < -0.39 is 96.6 Å². The van der Waals surface area contributed by atoms with Gasteiger partial charge in [0.15, 0.2) is 5.96 Å². The molecule has 2 saturated heterocycles. The molecule has 3 aliphatic heterocycles. The molecule has 0 aliphatic carbocycles. The summed E-state index contributed by atoms with van der Waals surface area (Å²) in [4.78, 5) is 135. The number of fused-ring (bicyclic) bond motifs is 2. The van der Waals surface area contributed by atoms with Crippen molar-refractivity contribution >= 4 is 88.3 Å². The Hall–Kier alpha value is -9.17. The van der Waals surface area contributed by atoms with Crippen LogP contribution < -0.4 is 48.7 Å². The van der Waals surface area contributed by atoms with Crippen LogP contribution in [0.3, 0.4) is 0 Å². The number of aliphatic carboxylic acids is 5. The Labute approximate surface area is 558 Å². The molecule has 44 heteroatoms. The Morgan fingerprint density at radius 3 is 1.46 bits per heavy atom. The Kier molecular flexibility index (Phi) is 39.4. The summed E-state index contributed by atoms with van der Waals surface area (Å²) in [5.41, 5.74) is 18.9. The van der Waals surface area contributed by atoms with E-state index in [4.69, 9.17) is 66.7 Å². The molecule has 0 unspecified atom stereocenters. The molecule has 5 rings (SSSR count). The molecule has 566 valence electrons. The van der Waals surface area contributed by atoms with Gasteiger partial charge < -0.3 is 68.9 Å². The number of amides is 6. The normalized spacial score (nSPS) is 15.2. The number of carboxylic acids is 5. The second-order valence-electron chi connectivity index (χ2n) is 21.4. The number of nitrogens with zero attached hydrogens (tertiary/aromatic N) is 5. The maximum Gasteiger partial charge on any atom is 0.490 e. The number of carbonyl (C=O) groups is 11. The van der Waals surface area contributed by atoms with Crippen molar-refractivity contribution in [3.05, 3.63) is 54.1 Å². The summed E-state index contributed by atoms with van der Waals surface area (Å²) in [6.07, 6.45) is -18.1. The summed E-state index contributed by atoms with van der Waals surface area (Å²) in [5.74, 6) is -15.5. The van der Waals surface area contributed by atoms with E-state index in [0.29, 0.717) is 74.0 Å². The van der Waals surface area contributed by atoms with Crippen LogP contribution in [0.1, 0.15) is 82.0 Å². The minimum absolute atomic E-state index is 0.0257. The van der Waals surface area contributed by atoms with Crippen molar-refractivity contribution in [2.24, 2.45) is 28.1 Å². The first kappa shape index (κ1) is 90.8. The van der Waals surface area contributed by atoms with Crippen LogP contribution in [0, 0.1) is 5.92 Å². The highest BCUT2D eigenvalue weighted by atomic mass is 19.4. The highest BCUT2D eigenvalue weighted by Crippen LogP contribution is 2.38. The van der Waals surface area contributed by atoms with E-state index in [0.717, 1.165) is 71.6 Å². The van der Waals surface area contributed by atoms with Gasteiger partial charge in [0.2, 0.25) is 29.5 Å². The minimum Gasteiger partial charge on any atom is -0.475 e. The fourth-order valence-corrected chi connectivity index (χ4v) is 8.68. The van der Waals surface area contributed by atoms with E-state index in [9.17, 15) is 94.6 Å². The van der Waals surface area contributed by atoms with Gasteiger partial charge in [0, 0.05) is 52.7 Å². The number of rotatable bonds is 23. The molecular formula is C56H76F15N13O16. The highest BCUT2D eigenvalue weighted by molar-refractivity contribution is 6.18. The molecule has 0 saturated carbocycles. The molecule has 16 N–H and O–H groups in total. The summed E-state index contributed by atoms with van der Waals surface area (Å²) >= 11 is 0. The van der Waals surface area contributed by atoms with Gasteiger partial charge in [-0.25, -0.2) is 24.0 Å². The zero-order valence-corrected chi connectivity index (χ0v) is 53.1. The van der Waals surface area contributed by atoms with Crippen molar-refractivity contribution in [1.82, 2.24) is 36.0 Å². The minimum atomic E-state index is -5.08. The maximum absolute atomic E-state index is 13.9. The largest absolute Gasteiger partial charge is 0.490 e. The summed E-state index contributed by atoms with van der Waals surface area (Å²) in [7, 11) is 0. The fraction of sp³-hybridized carbons (Fsp3) is 0.571. The molecule has 0 aromatic heterocycles. The Morgan fingerprint density at radius 1 is 0.570 bits per heavy atom. The number of nitrogens with one attached hydrogen (secondary N) is 5. The van der Waals surface area contributed by atoms with E-state index >= 15 is 0 Å². The van der Waals surface area contributed by atoms with Crippen LogP contribution in [0.15, 0.2) is 53.5 Å². The number of hydrogen-bond acceptors (Lipinski definition) is 17. The maximum atomic E-state index is 13.9. The van der Waals surface area contributed by atoms with Gasteiger partial charge in [0.25, 0.3) is 5.91 Å². The van der Waals surface area contributed by atoms with Crippen molar-refractivity contribution < 1.29 is 144 Å². The second-order valence-corrected chi connectivity index (χ2v) is 21.4. The molecule has 3 atom stereocenters. The third-order valence-corrected chi connectivity index (χ3v) is 13.6. The van der Waals surface area contributed by atoms with Crippen LogP contribution in [0.4, 0.5) is 82.9 Å². The summed E-state index contributed by atoms with van der Waals surface area (Å²) < 4.78 is 159.